The van der Waals surface area contributed by atoms with Crippen LogP contribution in [0.3, 0.4) is 0 Å². The zero-order valence-electron chi connectivity index (χ0n) is 19.7. The fourth-order valence-electron chi connectivity index (χ4n) is 4.23. The van der Waals surface area contributed by atoms with Gasteiger partial charge in [-0.2, -0.15) is 0 Å². The molecule has 1 aromatic heterocycles. The first kappa shape index (κ1) is 24.3. The molecule has 1 heterocycles. The summed E-state index contributed by atoms with van der Waals surface area (Å²) in [5, 5.41) is 4.68. The van der Waals surface area contributed by atoms with Crippen molar-refractivity contribution in [1.82, 2.24) is 14.9 Å². The van der Waals surface area contributed by atoms with Crippen LogP contribution in [0.2, 0.25) is 10.0 Å². The minimum Gasteiger partial charge on any atom is -0.443 e. The number of benzene rings is 2. The second-order valence-electron chi connectivity index (χ2n) is 8.49. The van der Waals surface area contributed by atoms with Gasteiger partial charge < -0.3 is 15.0 Å². The van der Waals surface area contributed by atoms with E-state index >= 15 is 0 Å². The van der Waals surface area contributed by atoms with Crippen LogP contribution in [0, 0.1) is 0 Å². The average molecular weight is 499 g/mol. The third-order valence-corrected chi connectivity index (χ3v) is 6.54. The monoisotopic (exact) mass is 498 g/mol. The Morgan fingerprint density at radius 1 is 1.09 bits per heavy atom. The number of halogens is 2. The van der Waals surface area contributed by atoms with Crippen LogP contribution in [0.15, 0.2) is 42.5 Å². The molecular weight excluding hydrogens is 471 g/mol. The quantitative estimate of drug-likeness (QED) is 0.428. The molecule has 1 N–H and O–H groups in total. The summed E-state index contributed by atoms with van der Waals surface area (Å²) in [7, 11) is 3.36. The van der Waals surface area contributed by atoms with Crippen LogP contribution in [-0.2, 0) is 24.0 Å². The number of hydrogen-bond acceptors (Lipinski definition) is 5. The molecule has 2 atom stereocenters. The summed E-state index contributed by atoms with van der Waals surface area (Å²) in [5.74, 6) is 0.695. The van der Waals surface area contributed by atoms with Gasteiger partial charge in [0.2, 0.25) is 0 Å². The molecule has 2 aromatic carbocycles. The van der Waals surface area contributed by atoms with Gasteiger partial charge in [0.15, 0.2) is 0 Å². The van der Waals surface area contributed by atoms with Gasteiger partial charge in [-0.15, -0.1) is 0 Å². The highest BCUT2D eigenvalue weighted by Crippen LogP contribution is 2.38. The number of fused-ring (bicyclic) bond motifs is 1. The highest BCUT2D eigenvalue weighted by Gasteiger charge is 2.36. The molecule has 0 radical (unpaired) electrons. The van der Waals surface area contributed by atoms with E-state index in [4.69, 9.17) is 37.9 Å². The number of anilines is 1. The predicted octanol–water partition coefficient (Wildman–Crippen LogP) is 6.35. The number of aromatic nitrogens is 2. The molecule has 34 heavy (non-hydrogen) atoms. The van der Waals surface area contributed by atoms with Crippen LogP contribution >= 0.6 is 23.2 Å². The van der Waals surface area contributed by atoms with Crippen molar-refractivity contribution in [3.05, 3.63) is 75.0 Å². The second-order valence-corrected chi connectivity index (χ2v) is 9.33. The number of rotatable bonds is 6. The van der Waals surface area contributed by atoms with Gasteiger partial charge in [-0.05, 0) is 42.2 Å². The number of carbonyl (C=O) groups is 1. The van der Waals surface area contributed by atoms with Crippen LogP contribution in [0.4, 0.5) is 10.6 Å². The molecule has 178 valence electrons. The summed E-state index contributed by atoms with van der Waals surface area (Å²) >= 11 is 12.6. The van der Waals surface area contributed by atoms with Gasteiger partial charge in [-0.1, -0.05) is 61.3 Å². The number of nitrogens with one attached hydrogen (secondary N) is 1. The van der Waals surface area contributed by atoms with Gasteiger partial charge in [0.05, 0.1) is 28.1 Å². The van der Waals surface area contributed by atoms with E-state index in [0.29, 0.717) is 35.1 Å². The minimum absolute atomic E-state index is 0.227. The number of carbonyl (C=O) groups excluding carboxylic acids is 1. The van der Waals surface area contributed by atoms with Crippen LogP contribution in [0.25, 0.3) is 11.3 Å². The fraction of sp³-hybridized carbons (Fsp3) is 0.346. The van der Waals surface area contributed by atoms with E-state index in [1.54, 1.807) is 26.2 Å². The van der Waals surface area contributed by atoms with Crippen LogP contribution in [0.1, 0.15) is 42.4 Å². The molecule has 8 heteroatoms. The maximum atomic E-state index is 12.4. The van der Waals surface area contributed by atoms with Gasteiger partial charge in [0.1, 0.15) is 11.9 Å². The van der Waals surface area contributed by atoms with Crippen molar-refractivity contribution >= 4 is 35.1 Å². The normalized spacial score (nSPS) is 16.8. The van der Waals surface area contributed by atoms with E-state index in [9.17, 15) is 4.79 Å². The van der Waals surface area contributed by atoms with Crippen LogP contribution in [0.5, 0.6) is 0 Å². The van der Waals surface area contributed by atoms with Gasteiger partial charge in [-0.3, -0.25) is 0 Å². The maximum Gasteiger partial charge on any atom is 0.409 e. The maximum absolute atomic E-state index is 12.4. The number of aryl methyl sites for hydroxylation is 2. The Morgan fingerprint density at radius 2 is 1.82 bits per heavy atom. The highest BCUT2D eigenvalue weighted by molar-refractivity contribution is 6.36. The van der Waals surface area contributed by atoms with E-state index in [2.05, 4.69) is 17.4 Å². The van der Waals surface area contributed by atoms with Crippen molar-refractivity contribution in [2.24, 2.45) is 0 Å². The van der Waals surface area contributed by atoms with Crippen molar-refractivity contribution in [2.45, 2.75) is 45.3 Å². The van der Waals surface area contributed by atoms with Crippen molar-refractivity contribution < 1.29 is 9.53 Å². The molecule has 1 aliphatic rings. The molecule has 3 aromatic rings. The lowest BCUT2D eigenvalue weighted by Gasteiger charge is -2.25. The summed E-state index contributed by atoms with van der Waals surface area (Å²) in [6.45, 7) is 4.08. The standard InChI is InChI=1S/C26H28Cl2N4O2/c1-5-20-23(18-12-11-16(27)14-19(18)28)29-21(6-2)25(30-20)31-24-17-10-8-7-9-15(17)13-22(24)34-26(33)32(3)4/h7-12,14,22,24H,5-6,13H2,1-4H3,(H,30,31)/t22-,24+/m0/s1. The van der Waals surface area contributed by atoms with E-state index in [0.717, 1.165) is 33.8 Å². The SMILES string of the molecule is CCc1nc(-c2ccc(Cl)cc2Cl)c(CC)nc1N[C@@H]1c2ccccc2C[C@@H]1OC(=O)N(C)C. The van der Waals surface area contributed by atoms with E-state index in [1.165, 1.54) is 4.90 Å². The number of amides is 1. The molecule has 1 amide bonds. The van der Waals surface area contributed by atoms with Gasteiger partial charge in [-0.25, -0.2) is 14.8 Å². The Hall–Kier alpha value is -2.83. The smallest absolute Gasteiger partial charge is 0.409 e. The largest absolute Gasteiger partial charge is 0.443 e. The molecular formula is C26H28Cl2N4O2. The van der Waals surface area contributed by atoms with Crippen molar-refractivity contribution in [3.63, 3.8) is 0 Å². The lowest BCUT2D eigenvalue weighted by molar-refractivity contribution is 0.0705. The van der Waals surface area contributed by atoms with Crippen LogP contribution < -0.4 is 5.32 Å². The Kier molecular flexibility index (Phi) is 7.29. The number of hydrogen-bond donors (Lipinski definition) is 1. The molecule has 6 nitrogen and oxygen atoms in total. The first-order valence-corrected chi connectivity index (χ1v) is 12.1. The highest BCUT2D eigenvalue weighted by atomic mass is 35.5. The summed E-state index contributed by atoms with van der Waals surface area (Å²) in [6.07, 6.45) is 1.28. The van der Waals surface area contributed by atoms with Gasteiger partial charge in [0.25, 0.3) is 0 Å². The molecule has 0 saturated heterocycles. The Balaban J connectivity index is 1.74. The molecule has 0 unspecified atom stereocenters. The fourth-order valence-corrected chi connectivity index (χ4v) is 4.73. The third kappa shape index (κ3) is 4.84. The molecule has 1 aliphatic carbocycles. The predicted molar refractivity (Wildman–Crippen MR) is 137 cm³/mol. The average Bonchev–Trinajstić information content (AvgIpc) is 3.15. The zero-order valence-corrected chi connectivity index (χ0v) is 21.2. The first-order valence-electron chi connectivity index (χ1n) is 11.4. The van der Waals surface area contributed by atoms with Crippen LogP contribution in [-0.4, -0.2) is 41.2 Å². The van der Waals surface area contributed by atoms with E-state index in [-0.39, 0.29) is 18.2 Å². The molecule has 0 aliphatic heterocycles. The van der Waals surface area contributed by atoms with Crippen molar-refractivity contribution in [2.75, 3.05) is 19.4 Å². The third-order valence-electron chi connectivity index (χ3n) is 5.99. The van der Waals surface area contributed by atoms with Gasteiger partial charge in [0, 0.05) is 31.1 Å². The molecule has 0 fully saturated rings. The Morgan fingerprint density at radius 3 is 2.50 bits per heavy atom. The Bertz CT molecular complexity index is 1220. The topological polar surface area (TPSA) is 67.4 Å². The van der Waals surface area contributed by atoms with Crippen molar-refractivity contribution in [3.8, 4) is 11.3 Å². The summed E-state index contributed by atoms with van der Waals surface area (Å²) in [5.41, 5.74) is 5.47. The molecule has 0 bridgehead atoms. The Labute approximate surface area is 210 Å². The summed E-state index contributed by atoms with van der Waals surface area (Å²) < 4.78 is 5.84. The van der Waals surface area contributed by atoms with Crippen molar-refractivity contribution in [1.29, 1.82) is 0 Å². The summed E-state index contributed by atoms with van der Waals surface area (Å²) in [4.78, 5) is 23.7. The zero-order chi connectivity index (χ0) is 24.4. The molecule has 4 rings (SSSR count). The van der Waals surface area contributed by atoms with Gasteiger partial charge >= 0.3 is 6.09 Å². The molecule has 0 spiro atoms. The number of nitrogens with zero attached hydrogens (tertiary/aromatic N) is 3. The summed E-state index contributed by atoms with van der Waals surface area (Å²) in [6, 6.07) is 13.3. The van der Waals surface area contributed by atoms with E-state index < -0.39 is 0 Å². The number of ether oxygens (including phenoxy) is 1. The van der Waals surface area contributed by atoms with E-state index in [1.807, 2.05) is 32.0 Å². The second kappa shape index (κ2) is 10.2. The first-order chi connectivity index (χ1) is 16.3. The lowest BCUT2D eigenvalue weighted by atomic mass is 10.1. The minimum atomic E-state index is -0.367. The molecule has 0 saturated carbocycles. The lowest BCUT2D eigenvalue weighted by Crippen LogP contribution is -2.33.